The molecule has 2 aromatic carbocycles. The Hall–Kier alpha value is -2.84. The van der Waals surface area contributed by atoms with Gasteiger partial charge >= 0.3 is 0 Å². The molecule has 0 saturated heterocycles. The molecule has 0 fully saturated rings. The molecule has 0 unspecified atom stereocenters. The summed E-state index contributed by atoms with van der Waals surface area (Å²) in [6.07, 6.45) is 1.20. The van der Waals surface area contributed by atoms with Gasteiger partial charge in [0.2, 0.25) is 11.8 Å². The predicted molar refractivity (Wildman–Crippen MR) is 138 cm³/mol. The van der Waals surface area contributed by atoms with E-state index >= 15 is 0 Å². The number of fused-ring (bicyclic) bond motifs is 3. The molecule has 3 N–H and O–H groups in total. The predicted octanol–water partition coefficient (Wildman–Crippen LogP) is 3.61. The third kappa shape index (κ3) is 5.30. The number of nitrogens with zero attached hydrogens (tertiary/aromatic N) is 1. The molecule has 0 aromatic heterocycles. The number of rotatable bonds is 7. The van der Waals surface area contributed by atoms with Gasteiger partial charge in [0.15, 0.2) is 0 Å². The first-order valence-electron chi connectivity index (χ1n) is 11.6. The van der Waals surface area contributed by atoms with E-state index in [1.54, 1.807) is 44.2 Å². The topological polar surface area (TPSA) is 99.1 Å². The van der Waals surface area contributed by atoms with Crippen LogP contribution in [0.25, 0.3) is 0 Å². The summed E-state index contributed by atoms with van der Waals surface area (Å²) in [7, 11) is 0. The van der Waals surface area contributed by atoms with E-state index in [9.17, 15) is 19.8 Å². The highest BCUT2D eigenvalue weighted by molar-refractivity contribution is 6.35. The first-order chi connectivity index (χ1) is 17.2. The highest BCUT2D eigenvalue weighted by atomic mass is 35.5. The van der Waals surface area contributed by atoms with Gasteiger partial charge in [0.05, 0.1) is 18.6 Å². The third-order valence-corrected chi connectivity index (χ3v) is 6.87. The second-order valence-corrected chi connectivity index (χ2v) is 9.95. The molecular weight excluding hydrogens is 503 g/mol. The van der Waals surface area contributed by atoms with Crippen LogP contribution >= 0.6 is 23.2 Å². The number of hydrogen-bond donors (Lipinski definition) is 3. The van der Waals surface area contributed by atoms with Crippen molar-refractivity contribution >= 4 is 35.0 Å². The fourth-order valence-electron chi connectivity index (χ4n) is 4.68. The Morgan fingerprint density at radius 3 is 2.61 bits per heavy atom. The fourth-order valence-corrected chi connectivity index (χ4v) is 5.15. The number of allylic oxidation sites excluding steroid dienone is 1. The average molecular weight is 531 g/mol. The molecule has 36 heavy (non-hydrogen) atoms. The summed E-state index contributed by atoms with van der Waals surface area (Å²) in [5.74, 6) is -0.678. The first-order valence-corrected chi connectivity index (χ1v) is 12.4. The quantitative estimate of drug-likeness (QED) is 0.475. The molecule has 1 aliphatic heterocycles. The molecule has 2 aromatic rings. The van der Waals surface area contributed by atoms with Crippen LogP contribution in [0.5, 0.6) is 5.75 Å². The zero-order valence-corrected chi connectivity index (χ0v) is 21.5. The van der Waals surface area contributed by atoms with Crippen LogP contribution in [0.15, 0.2) is 65.8 Å². The van der Waals surface area contributed by atoms with Crippen LogP contribution in [-0.2, 0) is 16.1 Å². The van der Waals surface area contributed by atoms with E-state index in [0.717, 1.165) is 11.1 Å². The number of nitrogens with one attached hydrogen (secondary N) is 1. The Kier molecular flexibility index (Phi) is 8.05. The normalized spacial score (nSPS) is 22.0. The molecule has 0 bridgehead atoms. The summed E-state index contributed by atoms with van der Waals surface area (Å²) in [4.78, 5) is 28.1. The van der Waals surface area contributed by atoms with Crippen molar-refractivity contribution in [3.8, 4) is 5.75 Å². The van der Waals surface area contributed by atoms with E-state index in [4.69, 9.17) is 27.9 Å². The number of benzene rings is 2. The highest BCUT2D eigenvalue weighted by Gasteiger charge is 2.50. The summed E-state index contributed by atoms with van der Waals surface area (Å²) in [5, 5.41) is 24.3. The van der Waals surface area contributed by atoms with Gasteiger partial charge in [-0.15, -0.1) is 0 Å². The Labute approximate surface area is 220 Å². The minimum absolute atomic E-state index is 0.0735. The van der Waals surface area contributed by atoms with Gasteiger partial charge in [-0.05, 0) is 43.7 Å². The summed E-state index contributed by atoms with van der Waals surface area (Å²) in [6.45, 7) is 3.54. The van der Waals surface area contributed by atoms with E-state index in [1.165, 1.54) is 11.0 Å². The summed E-state index contributed by atoms with van der Waals surface area (Å²) in [6, 6.07) is 11.4. The number of ether oxygens (including phenoxy) is 1. The fraction of sp³-hybridized carbons (Fsp3) is 0.333. The molecule has 2 amide bonds. The SMILES string of the molecule is CC(C)=CC(=O)N(Cc1ccc(Cl)cc1Cl)[C@@H]1C=C(C(=O)NCCO)[C@@H]2c3ccccc3O[C@@H]2[C@H]1O. The van der Waals surface area contributed by atoms with Gasteiger partial charge < -0.3 is 25.2 Å². The molecular formula is C27H28Cl2N2O5. The molecule has 0 spiro atoms. The van der Waals surface area contributed by atoms with Crippen LogP contribution in [0.4, 0.5) is 0 Å². The number of para-hydroxylation sites is 1. The van der Waals surface area contributed by atoms with Crippen molar-refractivity contribution in [2.45, 2.75) is 44.6 Å². The van der Waals surface area contributed by atoms with Gasteiger partial charge in [-0.3, -0.25) is 9.59 Å². The summed E-state index contributed by atoms with van der Waals surface area (Å²) >= 11 is 12.5. The van der Waals surface area contributed by atoms with Gasteiger partial charge in [0.1, 0.15) is 18.0 Å². The van der Waals surface area contributed by atoms with Crippen molar-refractivity contribution in [2.75, 3.05) is 13.2 Å². The van der Waals surface area contributed by atoms with Crippen molar-refractivity contribution < 1.29 is 24.5 Å². The molecule has 9 heteroatoms. The summed E-state index contributed by atoms with van der Waals surface area (Å²) in [5.41, 5.74) is 2.57. The van der Waals surface area contributed by atoms with E-state index in [1.807, 2.05) is 18.2 Å². The molecule has 0 saturated carbocycles. The molecule has 4 atom stereocenters. The van der Waals surface area contributed by atoms with Gasteiger partial charge in [-0.2, -0.15) is 0 Å². The number of carbonyl (C=O) groups is 2. The zero-order valence-electron chi connectivity index (χ0n) is 19.9. The number of halogens is 2. The standard InChI is InChI=1S/C27H28Cl2N2O5/c1-15(2)11-23(33)31(14-16-7-8-17(28)12-20(16)29)21-13-19(27(35)30-9-10-32)24-18-5-3-4-6-22(18)36-26(24)25(21)34/h3-8,11-13,21,24-26,32,34H,9-10,14H2,1-2H3,(H,30,35)/t21-,24+,25+,26+/m1/s1. The molecule has 1 heterocycles. The third-order valence-electron chi connectivity index (χ3n) is 6.29. The lowest BCUT2D eigenvalue weighted by atomic mass is 9.77. The van der Waals surface area contributed by atoms with Crippen LogP contribution in [0.3, 0.4) is 0 Å². The van der Waals surface area contributed by atoms with Crippen LogP contribution in [-0.4, -0.2) is 58.3 Å². The average Bonchev–Trinajstić information content (AvgIpc) is 3.22. The summed E-state index contributed by atoms with van der Waals surface area (Å²) < 4.78 is 6.12. The van der Waals surface area contributed by atoms with Crippen molar-refractivity contribution in [2.24, 2.45) is 0 Å². The van der Waals surface area contributed by atoms with Crippen molar-refractivity contribution in [3.63, 3.8) is 0 Å². The molecule has 7 nitrogen and oxygen atoms in total. The number of aliphatic hydroxyl groups is 2. The second-order valence-electron chi connectivity index (χ2n) is 9.10. The molecule has 0 radical (unpaired) electrons. The van der Waals surface area contributed by atoms with Crippen molar-refractivity contribution in [3.05, 3.63) is 86.9 Å². The van der Waals surface area contributed by atoms with Crippen molar-refractivity contribution in [1.29, 1.82) is 0 Å². The Morgan fingerprint density at radius 1 is 1.17 bits per heavy atom. The smallest absolute Gasteiger partial charge is 0.247 e. The molecule has 190 valence electrons. The lowest BCUT2D eigenvalue weighted by Gasteiger charge is -2.40. The highest BCUT2D eigenvalue weighted by Crippen LogP contribution is 2.47. The number of amides is 2. The van der Waals surface area contributed by atoms with Gasteiger partial charge in [-0.1, -0.05) is 53.0 Å². The number of carbonyl (C=O) groups excluding carboxylic acids is 2. The van der Waals surface area contributed by atoms with Crippen LogP contribution in [0.1, 0.15) is 30.9 Å². The monoisotopic (exact) mass is 530 g/mol. The van der Waals surface area contributed by atoms with Crippen LogP contribution in [0.2, 0.25) is 10.0 Å². The van der Waals surface area contributed by atoms with Gasteiger partial charge in [0, 0.05) is 40.3 Å². The Balaban J connectivity index is 1.80. The largest absolute Gasteiger partial charge is 0.486 e. The Morgan fingerprint density at radius 2 is 1.92 bits per heavy atom. The number of aliphatic hydroxyl groups excluding tert-OH is 2. The zero-order chi connectivity index (χ0) is 26.0. The maximum atomic E-state index is 13.4. The maximum absolute atomic E-state index is 13.4. The lowest BCUT2D eigenvalue weighted by molar-refractivity contribution is -0.133. The molecule has 2 aliphatic rings. The molecule has 1 aliphatic carbocycles. The van der Waals surface area contributed by atoms with E-state index in [0.29, 0.717) is 26.9 Å². The van der Waals surface area contributed by atoms with Gasteiger partial charge in [-0.25, -0.2) is 0 Å². The van der Waals surface area contributed by atoms with E-state index in [2.05, 4.69) is 5.32 Å². The van der Waals surface area contributed by atoms with Gasteiger partial charge in [0.25, 0.3) is 0 Å². The van der Waals surface area contributed by atoms with Crippen LogP contribution < -0.4 is 10.1 Å². The van der Waals surface area contributed by atoms with E-state index in [-0.39, 0.29) is 25.6 Å². The second kappa shape index (κ2) is 11.0. The minimum atomic E-state index is -1.13. The maximum Gasteiger partial charge on any atom is 0.247 e. The number of hydrogen-bond acceptors (Lipinski definition) is 5. The first kappa shape index (κ1) is 26.2. The van der Waals surface area contributed by atoms with Crippen molar-refractivity contribution in [1.82, 2.24) is 10.2 Å². The Bertz CT molecular complexity index is 1220. The van der Waals surface area contributed by atoms with Crippen LogP contribution in [0, 0.1) is 0 Å². The lowest BCUT2D eigenvalue weighted by Crippen LogP contribution is -2.55. The molecule has 4 rings (SSSR count). The van der Waals surface area contributed by atoms with E-state index < -0.39 is 30.1 Å². The minimum Gasteiger partial charge on any atom is -0.486 e.